The molecule has 144 valence electrons. The highest BCUT2D eigenvalue weighted by atomic mass is 79.9. The molecule has 0 bridgehead atoms. The highest BCUT2D eigenvalue weighted by Gasteiger charge is 2.29. The molecule has 2 aromatic rings. The average Bonchev–Trinajstić information content (AvgIpc) is 2.74. The maximum atomic E-state index is 13.3. The summed E-state index contributed by atoms with van der Waals surface area (Å²) in [5, 5.41) is 24.0. The van der Waals surface area contributed by atoms with Gasteiger partial charge in [0, 0.05) is 30.9 Å². The van der Waals surface area contributed by atoms with Crippen molar-refractivity contribution in [1.82, 2.24) is 4.98 Å². The van der Waals surface area contributed by atoms with Gasteiger partial charge in [0.05, 0.1) is 10.0 Å². The first-order chi connectivity index (χ1) is 13.5. The smallest absolute Gasteiger partial charge is 0.213 e. The summed E-state index contributed by atoms with van der Waals surface area (Å²) < 4.78 is 13.6. The van der Waals surface area contributed by atoms with Crippen molar-refractivity contribution in [2.75, 3.05) is 23.3 Å². The van der Waals surface area contributed by atoms with Gasteiger partial charge in [-0.25, -0.2) is 9.37 Å². The highest BCUT2D eigenvalue weighted by molar-refractivity contribution is 9.10. The molecule has 0 amide bonds. The maximum Gasteiger partial charge on any atom is 0.213 e. The number of nitrogens with zero attached hydrogens (tertiary/aromatic N) is 4. The van der Waals surface area contributed by atoms with Crippen LogP contribution >= 0.6 is 15.9 Å². The second-order valence-electron chi connectivity index (χ2n) is 6.34. The van der Waals surface area contributed by atoms with Gasteiger partial charge >= 0.3 is 0 Å². The van der Waals surface area contributed by atoms with Crippen molar-refractivity contribution in [3.8, 4) is 6.07 Å². The zero-order chi connectivity index (χ0) is 20.1. The molecular formula is C19H17BrFN5O2. The highest BCUT2D eigenvalue weighted by Crippen LogP contribution is 2.24. The number of Topliss-reactive ketones (excluding diaryl/α,β-unsaturated/α-hetero) is 1. The lowest BCUT2D eigenvalue weighted by Gasteiger charge is -2.32. The topological polar surface area (TPSA) is 102 Å². The second-order valence-corrected chi connectivity index (χ2v) is 7.20. The van der Waals surface area contributed by atoms with Crippen molar-refractivity contribution < 1.29 is 14.4 Å². The molecule has 2 N–H and O–H groups in total. The van der Waals surface area contributed by atoms with Crippen LogP contribution in [0.1, 0.15) is 18.4 Å². The van der Waals surface area contributed by atoms with Crippen LogP contribution in [0.2, 0.25) is 0 Å². The molecule has 9 heteroatoms. The van der Waals surface area contributed by atoms with Gasteiger partial charge in [-0.15, -0.1) is 0 Å². The van der Waals surface area contributed by atoms with Crippen molar-refractivity contribution in [3.05, 3.63) is 52.4 Å². The molecule has 1 aliphatic rings. The van der Waals surface area contributed by atoms with E-state index in [9.17, 15) is 14.4 Å². The monoisotopic (exact) mass is 445 g/mol. The maximum absolute atomic E-state index is 13.3. The minimum absolute atomic E-state index is 0.173. The van der Waals surface area contributed by atoms with Crippen LogP contribution in [-0.4, -0.2) is 34.9 Å². The van der Waals surface area contributed by atoms with Crippen molar-refractivity contribution >= 4 is 39.1 Å². The van der Waals surface area contributed by atoms with Crippen molar-refractivity contribution in [2.24, 2.45) is 11.1 Å². The zero-order valence-corrected chi connectivity index (χ0v) is 16.4. The number of anilines is 2. The number of aromatic nitrogens is 1. The van der Waals surface area contributed by atoms with Gasteiger partial charge in [0.15, 0.2) is 0 Å². The molecule has 0 saturated carbocycles. The van der Waals surface area contributed by atoms with Gasteiger partial charge in [0.1, 0.15) is 17.7 Å². The number of ketones is 1. The summed E-state index contributed by atoms with van der Waals surface area (Å²) in [4.78, 5) is 19.0. The van der Waals surface area contributed by atoms with E-state index in [1.807, 2.05) is 11.0 Å². The molecule has 0 unspecified atom stereocenters. The Hall–Kier alpha value is -2.99. The van der Waals surface area contributed by atoms with Crippen molar-refractivity contribution in [1.29, 1.82) is 5.26 Å². The Morgan fingerprint density at radius 3 is 2.68 bits per heavy atom. The molecule has 7 nitrogen and oxygen atoms in total. The second kappa shape index (κ2) is 8.80. The lowest BCUT2D eigenvalue weighted by Crippen LogP contribution is -2.40. The third-order valence-corrected chi connectivity index (χ3v) is 5.19. The van der Waals surface area contributed by atoms with Gasteiger partial charge in [-0.1, -0.05) is 5.16 Å². The van der Waals surface area contributed by atoms with E-state index in [4.69, 9.17) is 5.26 Å². The zero-order valence-electron chi connectivity index (χ0n) is 14.8. The summed E-state index contributed by atoms with van der Waals surface area (Å²) in [7, 11) is 0. The molecule has 1 saturated heterocycles. The van der Waals surface area contributed by atoms with E-state index in [-0.39, 0.29) is 22.0 Å². The minimum atomic E-state index is -0.428. The molecule has 0 aliphatic carbocycles. The molecule has 1 aliphatic heterocycles. The van der Waals surface area contributed by atoms with Crippen LogP contribution < -0.4 is 10.2 Å². The van der Waals surface area contributed by atoms with Crippen LogP contribution in [0.3, 0.4) is 0 Å². The summed E-state index contributed by atoms with van der Waals surface area (Å²) in [6.45, 7) is 1.24. The van der Waals surface area contributed by atoms with Crippen LogP contribution in [0.5, 0.6) is 0 Å². The third kappa shape index (κ3) is 4.46. The van der Waals surface area contributed by atoms with Crippen LogP contribution in [0.4, 0.5) is 15.9 Å². The number of carbonyl (C=O) groups is 1. The summed E-state index contributed by atoms with van der Waals surface area (Å²) >= 11 is 3.08. The number of hydrogen-bond acceptors (Lipinski definition) is 6. The first-order valence-corrected chi connectivity index (χ1v) is 9.40. The Balaban J connectivity index is 1.61. The number of hydrogen-bond donors (Lipinski definition) is 2. The number of oxime groups is 1. The van der Waals surface area contributed by atoms with Crippen LogP contribution in [0.25, 0.3) is 0 Å². The molecule has 0 atom stereocenters. The van der Waals surface area contributed by atoms with Gasteiger partial charge in [-0.05, 0) is 59.1 Å². The molecule has 3 rings (SSSR count). The third-order valence-electron chi connectivity index (χ3n) is 4.58. The minimum Gasteiger partial charge on any atom is -0.409 e. The standard InChI is InChI=1S/C19H17BrFN5O2/c20-15-9-14(2-3-16(15)21)24-19(25-28)18(27)13-5-7-26(8-6-13)17-4-1-12(10-22)11-23-17/h1-4,9,11,13,28H,5-8H2,(H,24,25). The van der Waals surface area contributed by atoms with Gasteiger partial charge in [-0.3, -0.25) is 4.79 Å². The van der Waals surface area contributed by atoms with E-state index >= 15 is 0 Å². The lowest BCUT2D eigenvalue weighted by molar-refractivity contribution is -0.117. The number of piperidine rings is 1. The van der Waals surface area contributed by atoms with Gasteiger partial charge < -0.3 is 15.4 Å². The Morgan fingerprint density at radius 1 is 1.36 bits per heavy atom. The lowest BCUT2D eigenvalue weighted by atomic mass is 9.91. The normalized spacial score (nSPS) is 15.2. The van der Waals surface area contributed by atoms with E-state index in [1.165, 1.54) is 24.4 Å². The van der Waals surface area contributed by atoms with Crippen molar-refractivity contribution in [3.63, 3.8) is 0 Å². The number of amidine groups is 1. The van der Waals surface area contributed by atoms with Crippen LogP contribution in [-0.2, 0) is 4.79 Å². The first-order valence-electron chi connectivity index (χ1n) is 8.61. The fourth-order valence-corrected chi connectivity index (χ4v) is 3.43. The molecule has 1 aromatic heterocycles. The van der Waals surface area contributed by atoms with E-state index < -0.39 is 5.82 Å². The molecule has 0 spiro atoms. The van der Waals surface area contributed by atoms with Gasteiger partial charge in [0.25, 0.3) is 0 Å². The molecular weight excluding hydrogens is 429 g/mol. The Labute approximate surface area is 169 Å². The van der Waals surface area contributed by atoms with E-state index in [0.717, 1.165) is 5.82 Å². The van der Waals surface area contributed by atoms with E-state index in [2.05, 4.69) is 31.4 Å². The Kier molecular flexibility index (Phi) is 6.21. The SMILES string of the molecule is N#Cc1ccc(N2CCC(C(=O)/C(=N/O)Nc3ccc(F)c(Br)c3)CC2)nc1. The molecule has 2 heterocycles. The fraction of sp³-hybridized carbons (Fsp3) is 0.263. The average molecular weight is 446 g/mol. The summed E-state index contributed by atoms with van der Waals surface area (Å²) in [5.74, 6) is -0.431. The summed E-state index contributed by atoms with van der Waals surface area (Å²) in [6, 6.07) is 9.69. The van der Waals surface area contributed by atoms with E-state index in [0.29, 0.717) is 37.2 Å². The summed E-state index contributed by atoms with van der Waals surface area (Å²) in [5.41, 5.74) is 0.935. The van der Waals surface area contributed by atoms with Crippen molar-refractivity contribution in [2.45, 2.75) is 12.8 Å². The van der Waals surface area contributed by atoms with Crippen LogP contribution in [0.15, 0.2) is 46.2 Å². The van der Waals surface area contributed by atoms with Gasteiger partial charge in [0.2, 0.25) is 11.6 Å². The number of halogens is 2. The quantitative estimate of drug-likeness (QED) is 0.323. The number of nitriles is 1. The predicted octanol–water partition coefficient (Wildman–Crippen LogP) is 3.54. The molecule has 1 fully saturated rings. The molecule has 1 aromatic carbocycles. The molecule has 0 radical (unpaired) electrons. The van der Waals surface area contributed by atoms with Crippen LogP contribution in [0, 0.1) is 23.1 Å². The predicted molar refractivity (Wildman–Crippen MR) is 106 cm³/mol. The van der Waals surface area contributed by atoms with E-state index in [1.54, 1.807) is 12.1 Å². The Bertz CT molecular complexity index is 934. The van der Waals surface area contributed by atoms with Gasteiger partial charge in [-0.2, -0.15) is 5.26 Å². The number of nitrogens with one attached hydrogen (secondary N) is 1. The Morgan fingerprint density at radius 2 is 2.11 bits per heavy atom. The number of benzene rings is 1. The number of rotatable bonds is 4. The summed E-state index contributed by atoms with van der Waals surface area (Å²) in [6.07, 6.45) is 2.68. The number of carbonyl (C=O) groups excluding carboxylic acids is 1. The number of pyridine rings is 1. The molecule has 28 heavy (non-hydrogen) atoms. The largest absolute Gasteiger partial charge is 0.409 e. The fourth-order valence-electron chi connectivity index (χ4n) is 3.05. The first kappa shape index (κ1) is 19.8.